The molecule has 5 heteroatoms. The molecule has 41 heavy (non-hydrogen) atoms. The van der Waals surface area contributed by atoms with Crippen molar-refractivity contribution < 1.29 is 17.9 Å². The van der Waals surface area contributed by atoms with Crippen LogP contribution in [0.5, 0.6) is 5.75 Å². The molecule has 0 saturated heterocycles. The summed E-state index contributed by atoms with van der Waals surface area (Å²) in [6.45, 7) is 0.666. The fourth-order valence-electron chi connectivity index (χ4n) is 5.29. The Morgan fingerprint density at radius 2 is 1.56 bits per heavy atom. The van der Waals surface area contributed by atoms with Crippen LogP contribution in [0.1, 0.15) is 65.5 Å². The molecular formula is C36H34F3OS. The number of aryl methyl sites for hydroxylation is 1. The first-order chi connectivity index (χ1) is 20.0. The zero-order valence-electron chi connectivity index (χ0n) is 23.1. The molecule has 4 aromatic carbocycles. The second-order valence-electron chi connectivity index (χ2n) is 10.3. The summed E-state index contributed by atoms with van der Waals surface area (Å²) in [5, 5.41) is 0. The average molecular weight is 572 g/mol. The number of unbranched alkanes of at least 4 members (excludes halogenated alkanes) is 2. The quantitative estimate of drug-likeness (QED) is 0.166. The number of benzene rings is 4. The van der Waals surface area contributed by atoms with E-state index in [0.29, 0.717) is 6.61 Å². The third-order valence-corrected chi connectivity index (χ3v) is 8.53. The monoisotopic (exact) mass is 571 g/mol. The fourth-order valence-corrected chi connectivity index (χ4v) is 6.27. The number of hydrogen-bond acceptors (Lipinski definition) is 2. The molecule has 0 unspecified atom stereocenters. The third kappa shape index (κ3) is 7.85. The van der Waals surface area contributed by atoms with Crippen molar-refractivity contribution in [3.8, 4) is 5.75 Å². The van der Waals surface area contributed by atoms with Gasteiger partial charge in [-0.15, -0.1) is 0 Å². The molecule has 0 saturated carbocycles. The summed E-state index contributed by atoms with van der Waals surface area (Å²) in [6, 6.07) is 34.3. The lowest BCUT2D eigenvalue weighted by molar-refractivity contribution is -0.137. The van der Waals surface area contributed by atoms with Crippen molar-refractivity contribution in [1.29, 1.82) is 0 Å². The minimum Gasteiger partial charge on any atom is -0.494 e. The van der Waals surface area contributed by atoms with E-state index < -0.39 is 11.7 Å². The van der Waals surface area contributed by atoms with Crippen molar-refractivity contribution >= 4 is 22.9 Å². The molecule has 1 radical (unpaired) electrons. The Kier molecular flexibility index (Phi) is 9.89. The second kappa shape index (κ2) is 14.0. The van der Waals surface area contributed by atoms with Crippen molar-refractivity contribution in [3.63, 3.8) is 0 Å². The first-order valence-corrected chi connectivity index (χ1v) is 15.4. The lowest BCUT2D eigenvalue weighted by atomic mass is 9.88. The smallest absolute Gasteiger partial charge is 0.416 e. The van der Waals surface area contributed by atoms with E-state index in [1.165, 1.54) is 33.4 Å². The highest BCUT2D eigenvalue weighted by Gasteiger charge is 2.29. The molecule has 0 N–H and O–H groups in total. The van der Waals surface area contributed by atoms with Crippen molar-refractivity contribution in [2.24, 2.45) is 0 Å². The van der Waals surface area contributed by atoms with Crippen LogP contribution in [0, 0.1) is 6.07 Å². The van der Waals surface area contributed by atoms with Gasteiger partial charge in [-0.2, -0.15) is 24.9 Å². The maximum absolute atomic E-state index is 12.7. The first kappa shape index (κ1) is 29.1. The van der Waals surface area contributed by atoms with Crippen LogP contribution >= 0.6 is 11.8 Å². The van der Waals surface area contributed by atoms with Crippen LogP contribution in [0.2, 0.25) is 0 Å². The molecule has 1 nitrogen and oxygen atoms in total. The SMILES string of the molecule is FC(F)(F)c1ccc(CSCCCCCOc2ccc(C3=C(c4ccccc4)CCCc4c[c]ccc43)cc2)cc1. The summed E-state index contributed by atoms with van der Waals surface area (Å²) in [7, 11) is 0. The Balaban J connectivity index is 1.12. The van der Waals surface area contributed by atoms with Gasteiger partial charge in [0.05, 0.1) is 12.2 Å². The van der Waals surface area contributed by atoms with Gasteiger partial charge in [-0.25, -0.2) is 0 Å². The first-order valence-electron chi connectivity index (χ1n) is 14.2. The maximum atomic E-state index is 12.7. The van der Waals surface area contributed by atoms with Crippen LogP contribution in [0.4, 0.5) is 13.2 Å². The van der Waals surface area contributed by atoms with Gasteiger partial charge < -0.3 is 4.74 Å². The Morgan fingerprint density at radius 3 is 2.32 bits per heavy atom. The summed E-state index contributed by atoms with van der Waals surface area (Å²) < 4.78 is 44.1. The summed E-state index contributed by atoms with van der Waals surface area (Å²) in [4.78, 5) is 0. The van der Waals surface area contributed by atoms with Gasteiger partial charge in [0.15, 0.2) is 0 Å². The predicted molar refractivity (Wildman–Crippen MR) is 164 cm³/mol. The summed E-state index contributed by atoms with van der Waals surface area (Å²) >= 11 is 1.76. The zero-order valence-corrected chi connectivity index (χ0v) is 23.9. The highest BCUT2D eigenvalue weighted by atomic mass is 32.2. The lowest BCUT2D eigenvalue weighted by Gasteiger charge is -2.17. The van der Waals surface area contributed by atoms with Gasteiger partial charge in [0.1, 0.15) is 5.75 Å². The highest BCUT2D eigenvalue weighted by molar-refractivity contribution is 7.98. The summed E-state index contributed by atoms with van der Waals surface area (Å²) in [6.07, 6.45) is 2.01. The van der Waals surface area contributed by atoms with Gasteiger partial charge in [0.2, 0.25) is 0 Å². The molecule has 0 heterocycles. The third-order valence-electron chi connectivity index (χ3n) is 7.41. The predicted octanol–water partition coefficient (Wildman–Crippen LogP) is 10.3. The van der Waals surface area contributed by atoms with Gasteiger partial charge in [-0.05, 0) is 114 Å². The molecule has 0 aromatic heterocycles. The van der Waals surface area contributed by atoms with E-state index in [4.69, 9.17) is 4.74 Å². The topological polar surface area (TPSA) is 9.23 Å². The molecule has 0 spiro atoms. The number of thioether (sulfide) groups is 1. The molecular weight excluding hydrogens is 537 g/mol. The van der Waals surface area contributed by atoms with Gasteiger partial charge in [-0.1, -0.05) is 72.8 Å². The Labute approximate surface area is 245 Å². The Morgan fingerprint density at radius 1 is 0.780 bits per heavy atom. The van der Waals surface area contributed by atoms with E-state index in [-0.39, 0.29) is 0 Å². The van der Waals surface area contributed by atoms with Crippen LogP contribution in [0.15, 0.2) is 97.1 Å². The Hall–Kier alpha value is -3.44. The summed E-state index contributed by atoms with van der Waals surface area (Å²) in [5.41, 5.74) is 8.15. The van der Waals surface area contributed by atoms with E-state index in [0.717, 1.165) is 73.5 Å². The normalized spacial score (nSPS) is 13.5. The minimum absolute atomic E-state index is 0.594. The van der Waals surface area contributed by atoms with Crippen molar-refractivity contribution in [2.75, 3.05) is 12.4 Å². The van der Waals surface area contributed by atoms with E-state index in [1.807, 2.05) is 6.07 Å². The van der Waals surface area contributed by atoms with Crippen LogP contribution in [0.3, 0.4) is 0 Å². The Bertz CT molecular complexity index is 1420. The van der Waals surface area contributed by atoms with Crippen LogP contribution < -0.4 is 4.74 Å². The number of allylic oxidation sites excluding steroid dienone is 1. The zero-order chi connectivity index (χ0) is 28.5. The van der Waals surface area contributed by atoms with Crippen molar-refractivity contribution in [3.05, 3.63) is 137 Å². The fraction of sp³-hybridized carbons (Fsp3) is 0.278. The lowest BCUT2D eigenvalue weighted by Crippen LogP contribution is -2.04. The molecule has 0 amide bonds. The van der Waals surface area contributed by atoms with Gasteiger partial charge in [0.25, 0.3) is 0 Å². The van der Waals surface area contributed by atoms with E-state index >= 15 is 0 Å². The van der Waals surface area contributed by atoms with Crippen LogP contribution in [0.25, 0.3) is 11.1 Å². The highest BCUT2D eigenvalue weighted by Crippen LogP contribution is 2.40. The minimum atomic E-state index is -4.28. The number of halogens is 3. The van der Waals surface area contributed by atoms with Crippen molar-refractivity contribution in [2.45, 2.75) is 50.5 Å². The largest absolute Gasteiger partial charge is 0.494 e. The molecule has 5 rings (SSSR count). The second-order valence-corrected chi connectivity index (χ2v) is 11.4. The maximum Gasteiger partial charge on any atom is 0.416 e. The average Bonchev–Trinajstić information content (AvgIpc) is 3.19. The van der Waals surface area contributed by atoms with Gasteiger partial charge in [-0.3, -0.25) is 0 Å². The molecule has 211 valence electrons. The number of alkyl halides is 3. The molecule has 0 fully saturated rings. The molecule has 1 aliphatic carbocycles. The summed E-state index contributed by atoms with van der Waals surface area (Å²) in [5.74, 6) is 2.59. The number of rotatable bonds is 11. The van der Waals surface area contributed by atoms with Crippen molar-refractivity contribution in [1.82, 2.24) is 0 Å². The van der Waals surface area contributed by atoms with E-state index in [1.54, 1.807) is 23.9 Å². The molecule has 1 aliphatic rings. The number of ether oxygens (including phenoxy) is 1. The van der Waals surface area contributed by atoms with Gasteiger partial charge >= 0.3 is 6.18 Å². The van der Waals surface area contributed by atoms with Crippen LogP contribution in [-0.4, -0.2) is 12.4 Å². The van der Waals surface area contributed by atoms with E-state index in [9.17, 15) is 13.2 Å². The molecule has 4 aromatic rings. The van der Waals surface area contributed by atoms with E-state index in [2.05, 4.69) is 72.8 Å². The standard InChI is InChI=1S/C36H34F3OS/c37-36(38,39)31-20-16-27(17-21-31)26-41-25-8-2-7-24-40-32-22-18-30(19-23-32)35-33-14-6-5-12-29(33)13-9-15-34(35)28-10-3-1-4-11-28/h1,3-4,6,10-12,14,16-23H,2,7-9,13,15,24-26H2. The molecule has 0 aliphatic heterocycles. The molecule has 0 bridgehead atoms. The molecule has 0 atom stereocenters. The number of fused-ring (bicyclic) bond motifs is 1. The van der Waals surface area contributed by atoms with Crippen LogP contribution in [-0.2, 0) is 18.3 Å². The van der Waals surface area contributed by atoms with Gasteiger partial charge in [0, 0.05) is 5.75 Å². The number of hydrogen-bond donors (Lipinski definition) is 0.